The molecule has 1 amide bonds. The van der Waals surface area contributed by atoms with Crippen LogP contribution in [0.3, 0.4) is 0 Å². The summed E-state index contributed by atoms with van der Waals surface area (Å²) in [5.74, 6) is -1.42. The van der Waals surface area contributed by atoms with Crippen LogP contribution in [-0.2, 0) is 27.5 Å². The van der Waals surface area contributed by atoms with E-state index in [1.165, 1.54) is 19.9 Å². The standard InChI is InChI=1S/C27H26F4N4O6S/c1-14(2)34-25(37)21(16(4)35(26(34)38)20-8-5-18(6-9-20)27(29,30)31)13-32-24(36)15(3)33-42(39,40)23-12-17-11-19(28)7-10-22(17)41-23/h5-12,14-15,33H,13H2,1-4H3,(H,32,36). The summed E-state index contributed by atoms with van der Waals surface area (Å²) in [5.41, 5.74) is -2.20. The predicted octanol–water partition coefficient (Wildman–Crippen LogP) is 3.78. The molecule has 2 heterocycles. The van der Waals surface area contributed by atoms with Crippen LogP contribution in [0.25, 0.3) is 16.7 Å². The Hall–Kier alpha value is -4.24. The lowest BCUT2D eigenvalue weighted by molar-refractivity contribution is -0.137. The molecule has 0 aliphatic rings. The highest BCUT2D eigenvalue weighted by Gasteiger charge is 2.30. The zero-order valence-corrected chi connectivity index (χ0v) is 23.6. The number of halogens is 4. The summed E-state index contributed by atoms with van der Waals surface area (Å²) < 4.78 is 87.6. The zero-order chi connectivity index (χ0) is 31.1. The molecule has 4 aromatic rings. The van der Waals surface area contributed by atoms with Gasteiger partial charge in [-0.05, 0) is 70.2 Å². The Kier molecular flexibility index (Phi) is 8.20. The SMILES string of the molecule is Cc1c(CNC(=O)C(C)NS(=O)(=O)c2cc3cc(F)ccc3o2)c(=O)n(C(C)C)c(=O)n1-c1ccc(C(F)(F)F)cc1. The maximum Gasteiger partial charge on any atom is 0.416 e. The van der Waals surface area contributed by atoms with Crippen LogP contribution < -0.4 is 21.3 Å². The number of benzene rings is 2. The Morgan fingerprint density at radius 2 is 1.67 bits per heavy atom. The zero-order valence-electron chi connectivity index (χ0n) is 22.7. The second-order valence-corrected chi connectivity index (χ2v) is 11.4. The number of nitrogens with zero attached hydrogens (tertiary/aromatic N) is 2. The quantitative estimate of drug-likeness (QED) is 0.292. The number of hydrogen-bond donors (Lipinski definition) is 2. The van der Waals surface area contributed by atoms with Gasteiger partial charge in [-0.2, -0.15) is 17.9 Å². The molecule has 0 aliphatic carbocycles. The molecule has 0 spiro atoms. The Morgan fingerprint density at radius 3 is 2.26 bits per heavy atom. The van der Waals surface area contributed by atoms with E-state index in [0.717, 1.165) is 51.6 Å². The van der Waals surface area contributed by atoms with Gasteiger partial charge in [0, 0.05) is 23.2 Å². The molecule has 224 valence electrons. The molecular weight excluding hydrogens is 584 g/mol. The van der Waals surface area contributed by atoms with Crippen molar-refractivity contribution in [3.05, 3.63) is 92.0 Å². The fourth-order valence-electron chi connectivity index (χ4n) is 4.33. The number of nitrogens with one attached hydrogen (secondary N) is 2. The van der Waals surface area contributed by atoms with Gasteiger partial charge in [-0.25, -0.2) is 17.6 Å². The second-order valence-electron chi connectivity index (χ2n) is 9.80. The van der Waals surface area contributed by atoms with E-state index in [2.05, 4.69) is 10.0 Å². The van der Waals surface area contributed by atoms with E-state index in [1.807, 2.05) is 0 Å². The number of fused-ring (bicyclic) bond motifs is 1. The van der Waals surface area contributed by atoms with E-state index in [-0.39, 0.29) is 27.9 Å². The van der Waals surface area contributed by atoms with E-state index in [9.17, 15) is 40.4 Å². The highest BCUT2D eigenvalue weighted by molar-refractivity contribution is 7.89. The summed E-state index contributed by atoms with van der Waals surface area (Å²) in [6, 6.07) is 6.36. The van der Waals surface area contributed by atoms with Gasteiger partial charge in [-0.15, -0.1) is 0 Å². The molecule has 1 atom stereocenters. The lowest BCUT2D eigenvalue weighted by Crippen LogP contribution is -2.47. The number of sulfonamides is 1. The third-order valence-corrected chi connectivity index (χ3v) is 7.90. The fourth-order valence-corrected chi connectivity index (χ4v) is 5.50. The van der Waals surface area contributed by atoms with Crippen molar-refractivity contribution in [1.29, 1.82) is 0 Å². The molecule has 0 aliphatic heterocycles. The first-order chi connectivity index (χ1) is 19.5. The van der Waals surface area contributed by atoms with Gasteiger partial charge < -0.3 is 9.73 Å². The van der Waals surface area contributed by atoms with Gasteiger partial charge in [0.15, 0.2) is 0 Å². The van der Waals surface area contributed by atoms with Gasteiger partial charge in [0.1, 0.15) is 11.4 Å². The van der Waals surface area contributed by atoms with Crippen molar-refractivity contribution in [3.63, 3.8) is 0 Å². The van der Waals surface area contributed by atoms with Crippen molar-refractivity contribution in [2.24, 2.45) is 0 Å². The highest BCUT2D eigenvalue weighted by Crippen LogP contribution is 2.29. The van der Waals surface area contributed by atoms with Crippen molar-refractivity contribution in [1.82, 2.24) is 19.2 Å². The maximum absolute atomic E-state index is 13.5. The number of amides is 1. The van der Waals surface area contributed by atoms with Gasteiger partial charge in [-0.1, -0.05) is 0 Å². The van der Waals surface area contributed by atoms with Gasteiger partial charge in [0.05, 0.1) is 29.4 Å². The number of alkyl halides is 3. The Bertz CT molecular complexity index is 1890. The second kappa shape index (κ2) is 11.2. The largest absolute Gasteiger partial charge is 0.443 e. The first-order valence-corrected chi connectivity index (χ1v) is 14.0. The molecule has 0 saturated carbocycles. The lowest BCUT2D eigenvalue weighted by Gasteiger charge is -2.20. The summed E-state index contributed by atoms with van der Waals surface area (Å²) in [5, 5.41) is 2.12. The molecule has 2 N–H and O–H groups in total. The fraction of sp³-hybridized carbons (Fsp3) is 0.296. The van der Waals surface area contributed by atoms with Crippen molar-refractivity contribution in [2.75, 3.05) is 0 Å². The first kappa shape index (κ1) is 30.7. The van der Waals surface area contributed by atoms with Crippen LogP contribution in [0, 0.1) is 12.7 Å². The minimum Gasteiger partial charge on any atom is -0.443 e. The number of carbonyl (C=O) groups is 1. The van der Waals surface area contributed by atoms with Gasteiger partial charge in [0.25, 0.3) is 15.6 Å². The summed E-state index contributed by atoms with van der Waals surface area (Å²) in [6.07, 6.45) is -4.59. The maximum atomic E-state index is 13.5. The molecule has 10 nitrogen and oxygen atoms in total. The molecule has 42 heavy (non-hydrogen) atoms. The summed E-state index contributed by atoms with van der Waals surface area (Å²) in [7, 11) is -4.35. The molecule has 15 heteroatoms. The Morgan fingerprint density at radius 1 is 1.02 bits per heavy atom. The monoisotopic (exact) mass is 610 g/mol. The number of aromatic nitrogens is 2. The van der Waals surface area contributed by atoms with Crippen LogP contribution in [0.5, 0.6) is 0 Å². The molecule has 2 aromatic heterocycles. The van der Waals surface area contributed by atoms with E-state index >= 15 is 0 Å². The summed E-state index contributed by atoms with van der Waals surface area (Å²) in [4.78, 5) is 39.3. The molecule has 0 bridgehead atoms. The third kappa shape index (κ3) is 6.01. The topological polar surface area (TPSA) is 132 Å². The number of hydrogen-bond acceptors (Lipinski definition) is 6. The molecule has 4 rings (SSSR count). The van der Waals surface area contributed by atoms with Gasteiger partial charge in [-0.3, -0.25) is 18.7 Å². The van der Waals surface area contributed by atoms with Crippen LogP contribution in [0.15, 0.2) is 67.6 Å². The minimum absolute atomic E-state index is 0.0362. The van der Waals surface area contributed by atoms with Crippen LogP contribution in [0.1, 0.15) is 43.6 Å². The van der Waals surface area contributed by atoms with Crippen molar-refractivity contribution >= 4 is 26.9 Å². The van der Waals surface area contributed by atoms with Crippen LogP contribution in [-0.4, -0.2) is 29.5 Å². The highest BCUT2D eigenvalue weighted by atomic mass is 32.2. The molecule has 0 fully saturated rings. The minimum atomic E-state index is -4.59. The molecular formula is C27H26F4N4O6S. The molecule has 1 unspecified atom stereocenters. The molecule has 0 saturated heterocycles. The Labute approximate surface area is 236 Å². The predicted molar refractivity (Wildman–Crippen MR) is 144 cm³/mol. The van der Waals surface area contributed by atoms with Crippen LogP contribution in [0.4, 0.5) is 17.6 Å². The van der Waals surface area contributed by atoms with E-state index < -0.39 is 68.5 Å². The molecule has 0 radical (unpaired) electrons. The molecule has 2 aromatic carbocycles. The first-order valence-electron chi connectivity index (χ1n) is 12.5. The van der Waals surface area contributed by atoms with Gasteiger partial charge >= 0.3 is 11.9 Å². The third-order valence-electron chi connectivity index (χ3n) is 6.50. The van der Waals surface area contributed by atoms with Crippen molar-refractivity contribution in [2.45, 2.75) is 57.6 Å². The van der Waals surface area contributed by atoms with Gasteiger partial charge in [0.2, 0.25) is 11.0 Å². The average molecular weight is 611 g/mol. The van der Waals surface area contributed by atoms with Crippen molar-refractivity contribution < 1.29 is 35.2 Å². The smallest absolute Gasteiger partial charge is 0.416 e. The average Bonchev–Trinajstić information content (AvgIpc) is 3.32. The lowest BCUT2D eigenvalue weighted by atomic mass is 10.1. The number of carbonyl (C=O) groups excluding carboxylic acids is 1. The van der Waals surface area contributed by atoms with E-state index in [4.69, 9.17) is 4.42 Å². The van der Waals surface area contributed by atoms with Crippen molar-refractivity contribution in [3.8, 4) is 5.69 Å². The summed E-state index contributed by atoms with van der Waals surface area (Å²) >= 11 is 0. The Balaban J connectivity index is 1.60. The summed E-state index contributed by atoms with van der Waals surface area (Å²) in [6.45, 7) is 5.37. The van der Waals surface area contributed by atoms with E-state index in [0.29, 0.717) is 0 Å². The number of furan rings is 1. The number of rotatable bonds is 8. The van der Waals surface area contributed by atoms with Crippen LogP contribution >= 0.6 is 0 Å². The van der Waals surface area contributed by atoms with Crippen LogP contribution in [0.2, 0.25) is 0 Å². The van der Waals surface area contributed by atoms with E-state index in [1.54, 1.807) is 13.8 Å². The normalized spacial score (nSPS) is 13.1.